The van der Waals surface area contributed by atoms with Crippen LogP contribution in [-0.4, -0.2) is 49.1 Å². The highest BCUT2D eigenvalue weighted by molar-refractivity contribution is 5.75. The SMILES string of the molecule is CC1NNC(C)C1CCC(=O)NCCN1CCC(c2ccccc2)CC1. The van der Waals surface area contributed by atoms with Gasteiger partial charge in [0.1, 0.15) is 0 Å². The average Bonchev–Trinajstić information content (AvgIpc) is 2.99. The number of nitrogens with one attached hydrogen (secondary N) is 3. The first-order valence-corrected chi connectivity index (χ1v) is 10.2. The van der Waals surface area contributed by atoms with Gasteiger partial charge in [-0.15, -0.1) is 0 Å². The predicted molar refractivity (Wildman–Crippen MR) is 106 cm³/mol. The van der Waals surface area contributed by atoms with Gasteiger partial charge in [0.05, 0.1) is 0 Å². The molecule has 5 nitrogen and oxygen atoms in total. The van der Waals surface area contributed by atoms with Crippen LogP contribution in [0.1, 0.15) is 51.0 Å². The summed E-state index contributed by atoms with van der Waals surface area (Å²) in [7, 11) is 0. The smallest absolute Gasteiger partial charge is 0.220 e. The predicted octanol–water partition coefficient (Wildman–Crippen LogP) is 2.26. The van der Waals surface area contributed by atoms with Crippen molar-refractivity contribution in [3.63, 3.8) is 0 Å². The van der Waals surface area contributed by atoms with E-state index in [4.69, 9.17) is 0 Å². The van der Waals surface area contributed by atoms with Crippen molar-refractivity contribution in [2.24, 2.45) is 5.92 Å². The van der Waals surface area contributed by atoms with Crippen LogP contribution in [0, 0.1) is 5.92 Å². The molecular weight excluding hydrogens is 324 g/mol. The lowest BCUT2D eigenvalue weighted by Crippen LogP contribution is -2.39. The number of hydrogen-bond donors (Lipinski definition) is 3. The molecule has 0 aromatic heterocycles. The largest absolute Gasteiger partial charge is 0.355 e. The third-order valence-corrected chi connectivity index (χ3v) is 6.14. The Morgan fingerprint density at radius 2 is 1.77 bits per heavy atom. The molecule has 5 heteroatoms. The first kappa shape index (κ1) is 19.3. The van der Waals surface area contributed by atoms with Crippen molar-refractivity contribution >= 4 is 5.91 Å². The van der Waals surface area contributed by atoms with E-state index in [0.29, 0.717) is 30.3 Å². The normalized spacial score (nSPS) is 27.5. The van der Waals surface area contributed by atoms with E-state index in [9.17, 15) is 4.79 Å². The Bertz CT molecular complexity index is 546. The zero-order valence-corrected chi connectivity index (χ0v) is 16.2. The highest BCUT2D eigenvalue weighted by Crippen LogP contribution is 2.27. The Kier molecular flexibility index (Phi) is 7.06. The number of benzene rings is 1. The van der Waals surface area contributed by atoms with Gasteiger partial charge in [-0.2, -0.15) is 0 Å². The van der Waals surface area contributed by atoms with Gasteiger partial charge in [0.25, 0.3) is 0 Å². The lowest BCUT2D eigenvalue weighted by atomic mass is 9.89. The number of likely N-dealkylation sites (tertiary alicyclic amines) is 1. The van der Waals surface area contributed by atoms with E-state index in [1.165, 1.54) is 18.4 Å². The molecule has 0 bridgehead atoms. The Labute approximate surface area is 157 Å². The zero-order valence-electron chi connectivity index (χ0n) is 16.2. The molecule has 2 unspecified atom stereocenters. The molecular formula is C21H34N4O. The van der Waals surface area contributed by atoms with Gasteiger partial charge in [-0.05, 0) is 63.6 Å². The zero-order chi connectivity index (χ0) is 18.4. The van der Waals surface area contributed by atoms with E-state index in [0.717, 1.165) is 32.6 Å². The third-order valence-electron chi connectivity index (χ3n) is 6.14. The molecule has 1 aromatic carbocycles. The van der Waals surface area contributed by atoms with Crippen LogP contribution in [0.3, 0.4) is 0 Å². The van der Waals surface area contributed by atoms with Crippen LogP contribution in [0.5, 0.6) is 0 Å². The molecule has 2 heterocycles. The molecule has 2 aliphatic rings. The molecule has 2 aliphatic heterocycles. The molecule has 1 amide bonds. The van der Waals surface area contributed by atoms with E-state index in [2.05, 4.69) is 65.2 Å². The minimum atomic E-state index is 0.190. The second kappa shape index (κ2) is 9.49. The standard InChI is InChI=1S/C21H34N4O/c1-16-20(17(2)24-23-16)8-9-21(26)22-12-15-25-13-10-19(11-14-25)18-6-4-3-5-7-18/h3-7,16-17,19-20,23-24H,8-15H2,1-2H3,(H,22,26). The maximum Gasteiger partial charge on any atom is 0.220 e. The van der Waals surface area contributed by atoms with Gasteiger partial charge in [0, 0.05) is 31.6 Å². The van der Waals surface area contributed by atoms with Crippen LogP contribution in [-0.2, 0) is 4.79 Å². The molecule has 3 rings (SSSR count). The summed E-state index contributed by atoms with van der Waals surface area (Å²) >= 11 is 0. The fraction of sp³-hybridized carbons (Fsp3) is 0.667. The molecule has 0 aliphatic carbocycles. The quantitative estimate of drug-likeness (QED) is 0.700. The van der Waals surface area contributed by atoms with Gasteiger partial charge >= 0.3 is 0 Å². The summed E-state index contributed by atoms with van der Waals surface area (Å²) in [5, 5.41) is 3.11. The summed E-state index contributed by atoms with van der Waals surface area (Å²) in [5.74, 6) is 1.41. The van der Waals surface area contributed by atoms with Gasteiger partial charge in [0.15, 0.2) is 0 Å². The van der Waals surface area contributed by atoms with E-state index < -0.39 is 0 Å². The van der Waals surface area contributed by atoms with Crippen molar-refractivity contribution in [2.75, 3.05) is 26.2 Å². The van der Waals surface area contributed by atoms with Crippen molar-refractivity contribution < 1.29 is 4.79 Å². The number of rotatable bonds is 7. The second-order valence-corrected chi connectivity index (χ2v) is 7.95. The summed E-state index contributed by atoms with van der Waals surface area (Å²) in [6, 6.07) is 11.7. The second-order valence-electron chi connectivity index (χ2n) is 7.95. The minimum absolute atomic E-state index is 0.190. The van der Waals surface area contributed by atoms with Gasteiger partial charge < -0.3 is 10.2 Å². The molecule has 0 spiro atoms. The molecule has 3 N–H and O–H groups in total. The van der Waals surface area contributed by atoms with Gasteiger partial charge in [-0.3, -0.25) is 15.6 Å². The lowest BCUT2D eigenvalue weighted by molar-refractivity contribution is -0.121. The summed E-state index contributed by atoms with van der Waals surface area (Å²) in [6.45, 7) is 8.34. The lowest BCUT2D eigenvalue weighted by Gasteiger charge is -2.32. The van der Waals surface area contributed by atoms with Gasteiger partial charge in [-0.1, -0.05) is 30.3 Å². The molecule has 2 saturated heterocycles. The van der Waals surface area contributed by atoms with E-state index >= 15 is 0 Å². The van der Waals surface area contributed by atoms with Crippen LogP contribution < -0.4 is 16.2 Å². The molecule has 144 valence electrons. The van der Waals surface area contributed by atoms with Crippen LogP contribution in [0.15, 0.2) is 30.3 Å². The van der Waals surface area contributed by atoms with Crippen molar-refractivity contribution in [1.29, 1.82) is 0 Å². The van der Waals surface area contributed by atoms with Crippen LogP contribution in [0.25, 0.3) is 0 Å². The number of piperidine rings is 1. The number of hydrazine groups is 1. The average molecular weight is 359 g/mol. The number of nitrogens with zero attached hydrogens (tertiary/aromatic N) is 1. The Balaban J connectivity index is 1.29. The van der Waals surface area contributed by atoms with Crippen molar-refractivity contribution in [3.05, 3.63) is 35.9 Å². The fourth-order valence-corrected chi connectivity index (χ4v) is 4.36. The highest BCUT2D eigenvalue weighted by atomic mass is 16.1. The first-order chi connectivity index (χ1) is 12.6. The molecule has 2 fully saturated rings. The number of amides is 1. The minimum Gasteiger partial charge on any atom is -0.355 e. The van der Waals surface area contributed by atoms with E-state index in [-0.39, 0.29) is 5.91 Å². The molecule has 26 heavy (non-hydrogen) atoms. The third kappa shape index (κ3) is 5.29. The van der Waals surface area contributed by atoms with E-state index in [1.54, 1.807) is 0 Å². The number of hydrogen-bond acceptors (Lipinski definition) is 4. The number of carbonyl (C=O) groups excluding carboxylic acids is 1. The van der Waals surface area contributed by atoms with Crippen LogP contribution >= 0.6 is 0 Å². The Morgan fingerprint density at radius 3 is 2.42 bits per heavy atom. The molecule has 0 radical (unpaired) electrons. The summed E-state index contributed by atoms with van der Waals surface area (Å²) in [5.41, 5.74) is 7.98. The topological polar surface area (TPSA) is 56.4 Å². The summed E-state index contributed by atoms with van der Waals surface area (Å²) < 4.78 is 0. The first-order valence-electron chi connectivity index (χ1n) is 10.2. The van der Waals surface area contributed by atoms with Crippen LogP contribution in [0.2, 0.25) is 0 Å². The Hall–Kier alpha value is -1.43. The van der Waals surface area contributed by atoms with Crippen molar-refractivity contribution in [1.82, 2.24) is 21.1 Å². The monoisotopic (exact) mass is 358 g/mol. The van der Waals surface area contributed by atoms with Gasteiger partial charge in [0.2, 0.25) is 5.91 Å². The maximum absolute atomic E-state index is 12.1. The van der Waals surface area contributed by atoms with Crippen molar-refractivity contribution in [2.45, 2.75) is 57.5 Å². The van der Waals surface area contributed by atoms with Gasteiger partial charge in [-0.25, -0.2) is 0 Å². The molecule has 0 saturated carbocycles. The molecule has 1 aromatic rings. The van der Waals surface area contributed by atoms with E-state index in [1.807, 2.05) is 0 Å². The number of carbonyl (C=O) groups is 1. The maximum atomic E-state index is 12.1. The van der Waals surface area contributed by atoms with Crippen LogP contribution in [0.4, 0.5) is 0 Å². The summed E-state index contributed by atoms with van der Waals surface area (Å²) in [6.07, 6.45) is 4.00. The fourth-order valence-electron chi connectivity index (χ4n) is 4.36. The Morgan fingerprint density at radius 1 is 1.12 bits per heavy atom. The van der Waals surface area contributed by atoms with Crippen molar-refractivity contribution in [3.8, 4) is 0 Å². The highest BCUT2D eigenvalue weighted by Gasteiger charge is 2.29. The summed E-state index contributed by atoms with van der Waals surface area (Å²) in [4.78, 5) is 14.6. The molecule has 2 atom stereocenters.